The minimum atomic E-state index is -1.60. The monoisotopic (exact) mass is 156 g/mol. The number of nitrogens with zero attached hydrogens (tertiary/aromatic N) is 2. The van der Waals surface area contributed by atoms with Crippen LogP contribution >= 0.6 is 0 Å². The van der Waals surface area contributed by atoms with Gasteiger partial charge >= 0.3 is 17.6 Å². The number of aromatic nitrogens is 2. The number of aryl methyl sites for hydroxylation is 1. The first kappa shape index (κ1) is 7.39. The van der Waals surface area contributed by atoms with Crippen LogP contribution in [0.1, 0.15) is 16.5 Å². The van der Waals surface area contributed by atoms with Gasteiger partial charge < -0.3 is 9.63 Å². The average molecular weight is 156 g/mol. The van der Waals surface area contributed by atoms with Crippen LogP contribution in [0.3, 0.4) is 0 Å². The van der Waals surface area contributed by atoms with Gasteiger partial charge in [-0.2, -0.15) is 4.98 Å². The predicted octanol–water partition coefficient (Wildman–Crippen LogP) is -0.355. The molecule has 0 unspecified atom stereocenters. The number of rotatable bonds is 2. The van der Waals surface area contributed by atoms with Crippen LogP contribution in [0.15, 0.2) is 4.52 Å². The molecule has 6 heteroatoms. The fourth-order valence-corrected chi connectivity index (χ4v) is 0.481. The van der Waals surface area contributed by atoms with Crippen LogP contribution in [-0.4, -0.2) is 27.0 Å². The van der Waals surface area contributed by atoms with Crippen molar-refractivity contribution in [3.05, 3.63) is 11.7 Å². The van der Waals surface area contributed by atoms with Gasteiger partial charge in [0.05, 0.1) is 0 Å². The van der Waals surface area contributed by atoms with Gasteiger partial charge in [0.2, 0.25) is 0 Å². The summed E-state index contributed by atoms with van der Waals surface area (Å²) in [7, 11) is 0. The lowest BCUT2D eigenvalue weighted by atomic mass is 10.4. The Labute approximate surface area is 60.8 Å². The molecule has 0 aliphatic carbocycles. The van der Waals surface area contributed by atoms with E-state index in [4.69, 9.17) is 5.11 Å². The molecular weight excluding hydrogens is 152 g/mol. The van der Waals surface area contributed by atoms with Crippen molar-refractivity contribution in [2.75, 3.05) is 0 Å². The van der Waals surface area contributed by atoms with Crippen LogP contribution in [0.25, 0.3) is 0 Å². The number of hydrogen-bond donors (Lipinski definition) is 1. The van der Waals surface area contributed by atoms with Crippen LogP contribution in [0.4, 0.5) is 0 Å². The maximum atomic E-state index is 10.6. The van der Waals surface area contributed by atoms with E-state index in [-0.39, 0.29) is 5.82 Å². The summed E-state index contributed by atoms with van der Waals surface area (Å²) in [5.74, 6) is -3.05. The zero-order chi connectivity index (χ0) is 8.43. The molecule has 6 nitrogen and oxygen atoms in total. The molecule has 0 aliphatic heterocycles. The Kier molecular flexibility index (Phi) is 1.67. The van der Waals surface area contributed by atoms with Crippen molar-refractivity contribution in [2.45, 2.75) is 6.92 Å². The Morgan fingerprint density at radius 3 is 2.55 bits per heavy atom. The minimum absolute atomic E-state index is 0.231. The Balaban J connectivity index is 2.94. The maximum absolute atomic E-state index is 10.6. The van der Waals surface area contributed by atoms with Crippen molar-refractivity contribution < 1.29 is 19.2 Å². The van der Waals surface area contributed by atoms with Crippen molar-refractivity contribution in [3.63, 3.8) is 0 Å². The molecule has 0 fully saturated rings. The van der Waals surface area contributed by atoms with Gasteiger partial charge in [-0.1, -0.05) is 5.16 Å². The van der Waals surface area contributed by atoms with Gasteiger partial charge in [-0.05, 0) is 6.92 Å². The highest BCUT2D eigenvalue weighted by molar-refractivity contribution is 6.38. The molecule has 11 heavy (non-hydrogen) atoms. The molecule has 1 aromatic rings. The molecule has 1 heterocycles. The standard InChI is InChI=1S/C5H4N2O4/c1-2-6-4(11-7-2)3(8)5(9)10/h1H3,(H,9,10). The third kappa shape index (κ3) is 1.40. The van der Waals surface area contributed by atoms with E-state index < -0.39 is 17.6 Å². The molecular formula is C5H4N2O4. The van der Waals surface area contributed by atoms with Crippen molar-refractivity contribution in [1.29, 1.82) is 0 Å². The molecule has 0 bridgehead atoms. The topological polar surface area (TPSA) is 93.3 Å². The lowest BCUT2D eigenvalue weighted by Crippen LogP contribution is -2.12. The summed E-state index contributed by atoms with van der Waals surface area (Å²) in [5, 5.41) is 11.4. The van der Waals surface area contributed by atoms with Gasteiger partial charge in [-0.25, -0.2) is 4.79 Å². The summed E-state index contributed by atoms with van der Waals surface area (Å²) >= 11 is 0. The summed E-state index contributed by atoms with van der Waals surface area (Å²) in [6.07, 6.45) is 0. The van der Waals surface area contributed by atoms with E-state index in [9.17, 15) is 9.59 Å². The van der Waals surface area contributed by atoms with Gasteiger partial charge in [-0.3, -0.25) is 4.79 Å². The molecule has 0 radical (unpaired) electrons. The van der Waals surface area contributed by atoms with E-state index in [0.717, 1.165) is 0 Å². The number of aliphatic carboxylic acids is 1. The van der Waals surface area contributed by atoms with Crippen molar-refractivity contribution in [3.8, 4) is 0 Å². The number of carbonyl (C=O) groups is 2. The van der Waals surface area contributed by atoms with Crippen molar-refractivity contribution in [1.82, 2.24) is 10.1 Å². The van der Waals surface area contributed by atoms with Gasteiger partial charge in [-0.15, -0.1) is 0 Å². The second kappa shape index (κ2) is 2.49. The fourth-order valence-electron chi connectivity index (χ4n) is 0.481. The number of carboxylic acids is 1. The first-order chi connectivity index (χ1) is 5.11. The highest BCUT2D eigenvalue weighted by Gasteiger charge is 2.20. The van der Waals surface area contributed by atoms with E-state index in [2.05, 4.69) is 14.7 Å². The summed E-state index contributed by atoms with van der Waals surface area (Å²) in [4.78, 5) is 24.0. The zero-order valence-electron chi connectivity index (χ0n) is 5.57. The number of Topliss-reactive ketones (excluding diaryl/α,β-unsaturated/α-hetero) is 1. The lowest BCUT2D eigenvalue weighted by Gasteiger charge is -1.81. The molecule has 1 aromatic heterocycles. The minimum Gasteiger partial charge on any atom is -0.475 e. The van der Waals surface area contributed by atoms with Crippen LogP contribution in [0.5, 0.6) is 0 Å². The molecule has 58 valence electrons. The lowest BCUT2D eigenvalue weighted by molar-refractivity contribution is -0.132. The molecule has 0 atom stereocenters. The Bertz CT molecular complexity index is 303. The molecule has 0 aliphatic rings. The third-order valence-electron chi connectivity index (χ3n) is 0.916. The Hall–Kier alpha value is -1.72. The number of ketones is 1. The molecule has 0 saturated carbocycles. The molecule has 0 amide bonds. The second-order valence-electron chi connectivity index (χ2n) is 1.78. The van der Waals surface area contributed by atoms with E-state index in [1.54, 1.807) is 0 Å². The van der Waals surface area contributed by atoms with Crippen molar-refractivity contribution >= 4 is 11.8 Å². The van der Waals surface area contributed by atoms with E-state index >= 15 is 0 Å². The van der Waals surface area contributed by atoms with Crippen LogP contribution in [0, 0.1) is 6.92 Å². The fraction of sp³-hybridized carbons (Fsp3) is 0.200. The van der Waals surface area contributed by atoms with Crippen LogP contribution in [0.2, 0.25) is 0 Å². The second-order valence-corrected chi connectivity index (χ2v) is 1.78. The highest BCUT2D eigenvalue weighted by atomic mass is 16.5. The van der Waals surface area contributed by atoms with Gasteiger partial charge in [0, 0.05) is 0 Å². The smallest absolute Gasteiger partial charge is 0.382 e. The first-order valence-electron chi connectivity index (χ1n) is 2.69. The largest absolute Gasteiger partial charge is 0.475 e. The Morgan fingerprint density at radius 1 is 1.55 bits per heavy atom. The quantitative estimate of drug-likeness (QED) is 0.464. The zero-order valence-corrected chi connectivity index (χ0v) is 5.57. The van der Waals surface area contributed by atoms with E-state index in [1.165, 1.54) is 6.92 Å². The van der Waals surface area contributed by atoms with Crippen molar-refractivity contribution in [2.24, 2.45) is 0 Å². The van der Waals surface area contributed by atoms with Gasteiger partial charge in [0.15, 0.2) is 5.82 Å². The first-order valence-corrected chi connectivity index (χ1v) is 2.69. The number of carboxylic acid groups (broad SMARTS) is 1. The molecule has 1 N–H and O–H groups in total. The normalized spacial score (nSPS) is 9.55. The van der Waals surface area contributed by atoms with Crippen LogP contribution in [-0.2, 0) is 4.79 Å². The summed E-state index contributed by atoms with van der Waals surface area (Å²) in [5.41, 5.74) is 0. The molecule has 1 rings (SSSR count). The molecule has 0 aromatic carbocycles. The predicted molar refractivity (Wildman–Crippen MR) is 31.0 cm³/mol. The number of carbonyl (C=O) groups excluding carboxylic acids is 1. The summed E-state index contributed by atoms with van der Waals surface area (Å²) < 4.78 is 4.30. The Morgan fingerprint density at radius 2 is 2.18 bits per heavy atom. The summed E-state index contributed by atoms with van der Waals surface area (Å²) in [6, 6.07) is 0. The summed E-state index contributed by atoms with van der Waals surface area (Å²) in [6.45, 7) is 1.49. The van der Waals surface area contributed by atoms with Gasteiger partial charge in [0.25, 0.3) is 0 Å². The SMILES string of the molecule is Cc1noc(C(=O)C(=O)O)n1. The molecule has 0 saturated heterocycles. The van der Waals surface area contributed by atoms with Crippen LogP contribution < -0.4 is 0 Å². The number of hydrogen-bond acceptors (Lipinski definition) is 5. The maximum Gasteiger partial charge on any atom is 0.382 e. The van der Waals surface area contributed by atoms with E-state index in [0.29, 0.717) is 0 Å². The van der Waals surface area contributed by atoms with E-state index in [1.807, 2.05) is 0 Å². The molecule has 0 spiro atoms. The third-order valence-corrected chi connectivity index (χ3v) is 0.916. The average Bonchev–Trinajstić information content (AvgIpc) is 2.34. The van der Waals surface area contributed by atoms with Gasteiger partial charge in [0.1, 0.15) is 0 Å². The highest BCUT2D eigenvalue weighted by Crippen LogP contribution is 1.96.